The highest BCUT2D eigenvalue weighted by atomic mass is 35.5. The van der Waals surface area contributed by atoms with Gasteiger partial charge in [0.25, 0.3) is 15.9 Å². The summed E-state index contributed by atoms with van der Waals surface area (Å²) in [6, 6.07) is 15.9. The third-order valence-corrected chi connectivity index (χ3v) is 7.72. The van der Waals surface area contributed by atoms with Crippen molar-refractivity contribution >= 4 is 38.9 Å². The molecule has 9 heteroatoms. The maximum atomic E-state index is 13.3. The lowest BCUT2D eigenvalue weighted by atomic mass is 10.1. The minimum absolute atomic E-state index is 0.167. The second kappa shape index (κ2) is 8.96. The summed E-state index contributed by atoms with van der Waals surface area (Å²) in [5.41, 5.74) is 2.28. The largest absolute Gasteiger partial charge is 0.497 e. The summed E-state index contributed by atoms with van der Waals surface area (Å²) >= 11 is 5.91. The number of halogens is 1. The topological polar surface area (TPSA) is 84.9 Å². The lowest BCUT2D eigenvalue weighted by Gasteiger charge is -2.24. The van der Waals surface area contributed by atoms with Crippen molar-refractivity contribution in [2.24, 2.45) is 0 Å². The first-order valence-electron chi connectivity index (χ1n) is 10.2. The second-order valence-electron chi connectivity index (χ2n) is 7.67. The van der Waals surface area contributed by atoms with Crippen LogP contribution in [0.5, 0.6) is 11.5 Å². The van der Waals surface area contributed by atoms with Crippen LogP contribution in [0.3, 0.4) is 0 Å². The molecule has 1 atom stereocenters. The molecule has 1 amide bonds. The number of nitrogens with one attached hydrogen (secondary N) is 1. The van der Waals surface area contributed by atoms with E-state index in [0.29, 0.717) is 39.9 Å². The maximum absolute atomic E-state index is 13.3. The van der Waals surface area contributed by atoms with Gasteiger partial charge in [-0.25, -0.2) is 8.42 Å². The minimum atomic E-state index is -3.77. The van der Waals surface area contributed by atoms with Crippen molar-refractivity contribution in [3.63, 3.8) is 0 Å². The van der Waals surface area contributed by atoms with Crippen LogP contribution in [-0.4, -0.2) is 34.6 Å². The van der Waals surface area contributed by atoms with Crippen LogP contribution < -0.4 is 19.1 Å². The Morgan fingerprint density at radius 2 is 1.76 bits per heavy atom. The molecule has 0 bridgehead atoms. The number of rotatable bonds is 6. The van der Waals surface area contributed by atoms with E-state index in [2.05, 4.69) is 5.32 Å². The van der Waals surface area contributed by atoms with Crippen LogP contribution in [0, 0.1) is 0 Å². The molecule has 0 aromatic heterocycles. The first-order chi connectivity index (χ1) is 15.7. The van der Waals surface area contributed by atoms with E-state index in [1.54, 1.807) is 55.6 Å². The molecule has 3 aromatic rings. The summed E-state index contributed by atoms with van der Waals surface area (Å²) in [7, 11) is -0.708. The molecular weight excluding hydrogens is 464 g/mol. The number of carbonyl (C=O) groups is 1. The van der Waals surface area contributed by atoms with Gasteiger partial charge >= 0.3 is 0 Å². The Bertz CT molecular complexity index is 1310. The highest BCUT2D eigenvalue weighted by molar-refractivity contribution is 7.92. The molecule has 0 saturated heterocycles. The summed E-state index contributed by atoms with van der Waals surface area (Å²) in [4.78, 5) is 13.1. The zero-order chi connectivity index (χ0) is 23.8. The van der Waals surface area contributed by atoms with E-state index in [1.807, 2.05) is 6.92 Å². The van der Waals surface area contributed by atoms with Crippen LogP contribution in [0.1, 0.15) is 22.8 Å². The summed E-state index contributed by atoms with van der Waals surface area (Å²) in [6.45, 7) is 1.84. The average molecular weight is 487 g/mol. The van der Waals surface area contributed by atoms with Gasteiger partial charge < -0.3 is 14.8 Å². The number of methoxy groups -OCH3 is 2. The van der Waals surface area contributed by atoms with Crippen LogP contribution in [0.2, 0.25) is 5.02 Å². The zero-order valence-corrected chi connectivity index (χ0v) is 19.9. The van der Waals surface area contributed by atoms with E-state index in [9.17, 15) is 13.2 Å². The summed E-state index contributed by atoms with van der Waals surface area (Å²) in [5.74, 6) is 0.754. The Morgan fingerprint density at radius 1 is 1.03 bits per heavy atom. The van der Waals surface area contributed by atoms with Gasteiger partial charge in [0, 0.05) is 22.7 Å². The molecule has 1 heterocycles. The van der Waals surface area contributed by atoms with Gasteiger partial charge in [-0.1, -0.05) is 11.6 Å². The fourth-order valence-electron chi connectivity index (χ4n) is 3.93. The third kappa shape index (κ3) is 4.36. The van der Waals surface area contributed by atoms with Crippen LogP contribution in [0.25, 0.3) is 0 Å². The van der Waals surface area contributed by atoms with Crippen molar-refractivity contribution < 1.29 is 22.7 Å². The van der Waals surface area contributed by atoms with E-state index in [0.717, 1.165) is 5.56 Å². The predicted octanol–water partition coefficient (Wildman–Crippen LogP) is 4.75. The molecule has 7 nitrogen and oxygen atoms in total. The number of ether oxygens (including phenoxy) is 2. The van der Waals surface area contributed by atoms with Crippen molar-refractivity contribution in [1.82, 2.24) is 0 Å². The van der Waals surface area contributed by atoms with Gasteiger partial charge in [-0.2, -0.15) is 0 Å². The minimum Gasteiger partial charge on any atom is -0.497 e. The molecule has 1 aliphatic rings. The molecule has 33 heavy (non-hydrogen) atoms. The number of hydrogen-bond acceptors (Lipinski definition) is 5. The highest BCUT2D eigenvalue weighted by Gasteiger charge is 2.36. The number of hydrogen-bond donors (Lipinski definition) is 1. The average Bonchev–Trinajstić information content (AvgIpc) is 3.15. The van der Waals surface area contributed by atoms with Crippen molar-refractivity contribution in [3.8, 4) is 11.5 Å². The molecule has 0 aliphatic carbocycles. The van der Waals surface area contributed by atoms with Gasteiger partial charge in [0.05, 0.1) is 30.5 Å². The number of benzene rings is 3. The van der Waals surface area contributed by atoms with Gasteiger partial charge in [-0.15, -0.1) is 0 Å². The Labute approximate surface area is 197 Å². The van der Waals surface area contributed by atoms with Crippen LogP contribution in [-0.2, 0) is 16.4 Å². The van der Waals surface area contributed by atoms with Crippen LogP contribution >= 0.6 is 11.6 Å². The van der Waals surface area contributed by atoms with Gasteiger partial charge in [-0.05, 0) is 73.5 Å². The molecule has 0 spiro atoms. The van der Waals surface area contributed by atoms with E-state index in [-0.39, 0.29) is 16.8 Å². The lowest BCUT2D eigenvalue weighted by Crippen LogP contribution is -2.35. The first-order valence-corrected chi connectivity index (χ1v) is 12.0. The number of carbonyl (C=O) groups excluding carboxylic acids is 1. The summed E-state index contributed by atoms with van der Waals surface area (Å²) in [5, 5.41) is 3.31. The van der Waals surface area contributed by atoms with Gasteiger partial charge in [-0.3, -0.25) is 9.10 Å². The fourth-order valence-corrected chi connectivity index (χ4v) is 5.75. The molecule has 0 saturated carbocycles. The second-order valence-corrected chi connectivity index (χ2v) is 9.92. The van der Waals surface area contributed by atoms with E-state index >= 15 is 0 Å². The molecule has 1 aliphatic heterocycles. The molecule has 172 valence electrons. The van der Waals surface area contributed by atoms with E-state index in [4.69, 9.17) is 21.1 Å². The summed E-state index contributed by atoms with van der Waals surface area (Å²) < 4.78 is 38.5. The standard InChI is InChI=1S/C24H23ClN2O5S/c1-15-12-17-13-16(24(28)26-21-10-7-19(31-2)14-23(21)32-3)4-11-22(17)27(15)33(29,30)20-8-5-18(25)6-9-20/h4-11,13-15H,12H2,1-3H3,(H,26,28)/t15-/m0/s1. The predicted molar refractivity (Wildman–Crippen MR) is 128 cm³/mol. The maximum Gasteiger partial charge on any atom is 0.264 e. The zero-order valence-electron chi connectivity index (χ0n) is 18.3. The normalized spacial score (nSPS) is 15.2. The molecule has 0 unspecified atom stereocenters. The van der Waals surface area contributed by atoms with Gasteiger partial charge in [0.15, 0.2) is 0 Å². The fraction of sp³-hybridized carbons (Fsp3) is 0.208. The SMILES string of the molecule is COc1ccc(NC(=O)c2ccc3c(c2)C[C@H](C)N3S(=O)(=O)c2ccc(Cl)cc2)c(OC)c1. The molecule has 4 rings (SSSR count). The Morgan fingerprint density at radius 3 is 2.42 bits per heavy atom. The van der Waals surface area contributed by atoms with Crippen molar-refractivity contribution in [3.05, 3.63) is 76.8 Å². The molecule has 3 aromatic carbocycles. The number of nitrogens with zero attached hydrogens (tertiary/aromatic N) is 1. The van der Waals surface area contributed by atoms with Crippen LogP contribution in [0.4, 0.5) is 11.4 Å². The van der Waals surface area contributed by atoms with Crippen molar-refractivity contribution in [2.45, 2.75) is 24.3 Å². The van der Waals surface area contributed by atoms with Crippen molar-refractivity contribution in [2.75, 3.05) is 23.8 Å². The van der Waals surface area contributed by atoms with Crippen molar-refractivity contribution in [1.29, 1.82) is 0 Å². The number of amides is 1. The molecule has 1 N–H and O–H groups in total. The Hall–Kier alpha value is -3.23. The van der Waals surface area contributed by atoms with Gasteiger partial charge in [0.1, 0.15) is 11.5 Å². The van der Waals surface area contributed by atoms with E-state index < -0.39 is 10.0 Å². The monoisotopic (exact) mass is 486 g/mol. The summed E-state index contributed by atoms with van der Waals surface area (Å²) in [6.07, 6.45) is 0.495. The van der Waals surface area contributed by atoms with Crippen LogP contribution in [0.15, 0.2) is 65.6 Å². The molecule has 0 fully saturated rings. The number of fused-ring (bicyclic) bond motifs is 1. The molecule has 0 radical (unpaired) electrons. The van der Waals surface area contributed by atoms with Gasteiger partial charge in [0.2, 0.25) is 0 Å². The smallest absolute Gasteiger partial charge is 0.264 e. The number of anilines is 2. The number of sulfonamides is 1. The Kier molecular flexibility index (Phi) is 6.23. The molecular formula is C24H23ClN2O5S. The first kappa shape index (κ1) is 22.9. The quantitative estimate of drug-likeness (QED) is 0.543. The Balaban J connectivity index is 1.61. The van der Waals surface area contributed by atoms with E-state index in [1.165, 1.54) is 23.5 Å². The lowest BCUT2D eigenvalue weighted by molar-refractivity contribution is 0.102. The highest BCUT2D eigenvalue weighted by Crippen LogP contribution is 2.38. The third-order valence-electron chi connectivity index (χ3n) is 5.52.